The lowest BCUT2D eigenvalue weighted by Crippen LogP contribution is -2.17. The van der Waals surface area contributed by atoms with Gasteiger partial charge in [-0.05, 0) is 94.3 Å². The molecule has 0 bridgehead atoms. The standard InChI is InChI=1S/C42H32Cl2N2O6/c43-36-23-30(14-17-38(36)45-40(47)33-16-12-29(22-35(33)42(50)51)20-27-9-5-2-6-10-27)31-15-18-39(37(44)24-31)46-52-25-32-13-11-28(21-34(32)41(48)49)19-26-7-3-1-4-8-26/h1-18,21-24,46H,19-20,25H2,(H,45,47)(H,48,49)(H,50,51). The molecule has 0 aliphatic heterocycles. The third-order valence-electron chi connectivity index (χ3n) is 8.40. The number of carbonyl (C=O) groups excluding carboxylic acids is 1. The van der Waals surface area contributed by atoms with Crippen LogP contribution in [0.4, 0.5) is 11.4 Å². The molecule has 0 aliphatic rings. The monoisotopic (exact) mass is 730 g/mol. The Morgan fingerprint density at radius 1 is 0.538 bits per heavy atom. The first-order valence-corrected chi connectivity index (χ1v) is 17.0. The molecule has 0 fully saturated rings. The van der Waals surface area contributed by atoms with E-state index in [-0.39, 0.29) is 28.3 Å². The normalized spacial score (nSPS) is 10.8. The molecule has 0 heterocycles. The molecule has 6 aromatic rings. The molecule has 0 atom stereocenters. The van der Waals surface area contributed by atoms with Gasteiger partial charge in [0, 0.05) is 0 Å². The summed E-state index contributed by atoms with van der Waals surface area (Å²) in [6, 6.07) is 39.8. The number of carbonyl (C=O) groups is 3. The van der Waals surface area contributed by atoms with Gasteiger partial charge < -0.3 is 15.5 Å². The van der Waals surface area contributed by atoms with Crippen molar-refractivity contribution in [3.63, 3.8) is 0 Å². The summed E-state index contributed by atoms with van der Waals surface area (Å²) < 4.78 is 0. The molecular weight excluding hydrogens is 699 g/mol. The van der Waals surface area contributed by atoms with Gasteiger partial charge in [-0.15, -0.1) is 0 Å². The Bertz CT molecular complexity index is 2260. The Hall–Kier alpha value is -5.93. The highest BCUT2D eigenvalue weighted by atomic mass is 35.5. The largest absolute Gasteiger partial charge is 0.478 e. The van der Waals surface area contributed by atoms with Crippen molar-refractivity contribution in [1.82, 2.24) is 0 Å². The molecule has 0 unspecified atom stereocenters. The number of carboxylic acid groups (broad SMARTS) is 2. The maximum absolute atomic E-state index is 13.2. The number of nitrogens with one attached hydrogen (secondary N) is 2. The molecule has 260 valence electrons. The van der Waals surface area contributed by atoms with E-state index in [2.05, 4.69) is 10.8 Å². The van der Waals surface area contributed by atoms with Crippen LogP contribution in [0, 0.1) is 0 Å². The van der Waals surface area contributed by atoms with E-state index >= 15 is 0 Å². The predicted octanol–water partition coefficient (Wildman–Crippen LogP) is 10.0. The van der Waals surface area contributed by atoms with Gasteiger partial charge in [0.05, 0.1) is 38.1 Å². The van der Waals surface area contributed by atoms with Crippen molar-refractivity contribution in [2.45, 2.75) is 19.4 Å². The molecular formula is C42H32Cl2N2O6. The lowest BCUT2D eigenvalue weighted by Gasteiger charge is -2.14. The molecule has 52 heavy (non-hydrogen) atoms. The zero-order valence-electron chi connectivity index (χ0n) is 27.6. The summed E-state index contributed by atoms with van der Waals surface area (Å²) in [5.74, 6) is -2.85. The van der Waals surface area contributed by atoms with Crippen molar-refractivity contribution in [3.05, 3.63) is 188 Å². The number of amides is 1. The molecule has 6 aromatic carbocycles. The van der Waals surface area contributed by atoms with Gasteiger partial charge >= 0.3 is 11.9 Å². The first-order chi connectivity index (χ1) is 25.1. The van der Waals surface area contributed by atoms with Gasteiger partial charge in [0.1, 0.15) is 6.61 Å². The summed E-state index contributed by atoms with van der Waals surface area (Å²) >= 11 is 13.1. The zero-order chi connectivity index (χ0) is 36.6. The van der Waals surface area contributed by atoms with Crippen molar-refractivity contribution >= 4 is 52.4 Å². The Labute approximate surface area is 310 Å². The molecule has 0 saturated carbocycles. The van der Waals surface area contributed by atoms with Crippen molar-refractivity contribution in [2.75, 3.05) is 10.8 Å². The fourth-order valence-corrected chi connectivity index (χ4v) is 6.20. The van der Waals surface area contributed by atoms with Crippen LogP contribution in [0.5, 0.6) is 0 Å². The Morgan fingerprint density at radius 3 is 1.60 bits per heavy atom. The molecule has 0 aliphatic carbocycles. The lowest BCUT2D eigenvalue weighted by molar-refractivity contribution is 0.0682. The SMILES string of the molecule is O=C(O)c1cc(Cc2ccccc2)ccc1CONc1ccc(-c2ccc(NC(=O)c3ccc(Cc4ccccc4)cc3C(=O)O)c(Cl)c2)cc1Cl. The minimum atomic E-state index is -1.21. The number of aromatic carboxylic acids is 2. The van der Waals surface area contributed by atoms with E-state index in [1.54, 1.807) is 54.6 Å². The van der Waals surface area contributed by atoms with E-state index < -0.39 is 17.8 Å². The van der Waals surface area contributed by atoms with E-state index in [0.717, 1.165) is 33.4 Å². The van der Waals surface area contributed by atoms with E-state index in [1.807, 2.05) is 66.7 Å². The van der Waals surface area contributed by atoms with Crippen LogP contribution < -0.4 is 10.8 Å². The summed E-state index contributed by atoms with van der Waals surface area (Å²) in [7, 11) is 0. The number of benzene rings is 6. The molecule has 0 aromatic heterocycles. The summed E-state index contributed by atoms with van der Waals surface area (Å²) in [6.45, 7) is -0.0140. The average Bonchev–Trinajstić information content (AvgIpc) is 3.14. The molecule has 6 rings (SSSR count). The van der Waals surface area contributed by atoms with Crippen molar-refractivity contribution in [2.24, 2.45) is 0 Å². The van der Waals surface area contributed by atoms with Crippen LogP contribution in [-0.2, 0) is 24.3 Å². The number of halogens is 2. The molecule has 8 nitrogen and oxygen atoms in total. The number of hydrogen-bond donors (Lipinski definition) is 4. The van der Waals surface area contributed by atoms with Crippen LogP contribution in [0.25, 0.3) is 11.1 Å². The van der Waals surface area contributed by atoms with Crippen molar-refractivity contribution < 1.29 is 29.4 Å². The fraction of sp³-hybridized carbons (Fsp3) is 0.0714. The van der Waals surface area contributed by atoms with E-state index in [4.69, 9.17) is 28.0 Å². The van der Waals surface area contributed by atoms with E-state index in [0.29, 0.717) is 34.8 Å². The first kappa shape index (κ1) is 35.9. The topological polar surface area (TPSA) is 125 Å². The summed E-state index contributed by atoms with van der Waals surface area (Å²) in [4.78, 5) is 42.9. The number of carboxylic acids is 2. The van der Waals surface area contributed by atoms with Crippen LogP contribution in [0.1, 0.15) is 58.9 Å². The fourth-order valence-electron chi connectivity index (χ4n) is 5.75. The van der Waals surface area contributed by atoms with Gasteiger partial charge in [0.2, 0.25) is 0 Å². The first-order valence-electron chi connectivity index (χ1n) is 16.2. The summed E-state index contributed by atoms with van der Waals surface area (Å²) in [6.07, 6.45) is 1.14. The summed E-state index contributed by atoms with van der Waals surface area (Å²) in [5.41, 5.74) is 9.38. The average molecular weight is 732 g/mol. The third kappa shape index (κ3) is 8.86. The molecule has 0 saturated heterocycles. The molecule has 0 spiro atoms. The zero-order valence-corrected chi connectivity index (χ0v) is 29.1. The van der Waals surface area contributed by atoms with Gasteiger partial charge in [-0.25, -0.2) is 9.59 Å². The molecule has 10 heteroatoms. The van der Waals surface area contributed by atoms with Gasteiger partial charge in [0.15, 0.2) is 0 Å². The molecule has 1 amide bonds. The quantitative estimate of drug-likeness (QED) is 0.0872. The minimum Gasteiger partial charge on any atom is -0.478 e. The van der Waals surface area contributed by atoms with Gasteiger partial charge in [0.25, 0.3) is 5.91 Å². The Balaban J connectivity index is 1.09. The second kappa shape index (κ2) is 16.4. The number of anilines is 2. The van der Waals surface area contributed by atoms with Gasteiger partial charge in [-0.2, -0.15) is 0 Å². The Kier molecular flexibility index (Phi) is 11.3. The van der Waals surface area contributed by atoms with Crippen molar-refractivity contribution in [1.29, 1.82) is 0 Å². The van der Waals surface area contributed by atoms with E-state index in [9.17, 15) is 24.6 Å². The maximum atomic E-state index is 13.2. The second-order valence-corrected chi connectivity index (χ2v) is 12.9. The molecule has 4 N–H and O–H groups in total. The van der Waals surface area contributed by atoms with Crippen LogP contribution >= 0.6 is 23.2 Å². The van der Waals surface area contributed by atoms with Crippen LogP contribution in [0.2, 0.25) is 10.0 Å². The Morgan fingerprint density at radius 2 is 1.06 bits per heavy atom. The van der Waals surface area contributed by atoms with Crippen molar-refractivity contribution in [3.8, 4) is 11.1 Å². The highest BCUT2D eigenvalue weighted by molar-refractivity contribution is 6.34. The second-order valence-electron chi connectivity index (χ2n) is 12.0. The number of rotatable bonds is 13. The maximum Gasteiger partial charge on any atom is 0.336 e. The summed E-state index contributed by atoms with van der Waals surface area (Å²) in [5, 5.41) is 23.0. The smallest absolute Gasteiger partial charge is 0.336 e. The van der Waals surface area contributed by atoms with Crippen LogP contribution in [0.3, 0.4) is 0 Å². The van der Waals surface area contributed by atoms with Gasteiger partial charge in [-0.1, -0.05) is 114 Å². The van der Waals surface area contributed by atoms with Crippen LogP contribution in [0.15, 0.2) is 133 Å². The van der Waals surface area contributed by atoms with Crippen LogP contribution in [-0.4, -0.2) is 28.1 Å². The highest BCUT2D eigenvalue weighted by Gasteiger charge is 2.19. The minimum absolute atomic E-state index is 0.0140. The predicted molar refractivity (Wildman–Crippen MR) is 204 cm³/mol. The third-order valence-corrected chi connectivity index (χ3v) is 9.02. The number of hydrogen-bond acceptors (Lipinski definition) is 5. The highest BCUT2D eigenvalue weighted by Crippen LogP contribution is 2.33. The molecule has 0 radical (unpaired) electrons. The van der Waals surface area contributed by atoms with E-state index in [1.165, 1.54) is 12.1 Å². The lowest BCUT2D eigenvalue weighted by atomic mass is 9.98. The van der Waals surface area contributed by atoms with Gasteiger partial charge in [-0.3, -0.25) is 15.1 Å².